The van der Waals surface area contributed by atoms with E-state index in [-0.39, 0.29) is 96.2 Å². The summed E-state index contributed by atoms with van der Waals surface area (Å²) < 4.78 is 85.1. The maximum absolute atomic E-state index is 16.4. The van der Waals surface area contributed by atoms with Crippen molar-refractivity contribution < 1.29 is 45.8 Å². The quantitative estimate of drug-likeness (QED) is 0.0524. The highest BCUT2D eigenvalue weighted by Crippen LogP contribution is 2.48. The van der Waals surface area contributed by atoms with E-state index in [0.717, 1.165) is 86.7 Å². The van der Waals surface area contributed by atoms with Gasteiger partial charge < -0.3 is 46.3 Å². The number of carbonyl (C=O) groups is 3. The Morgan fingerprint density at radius 2 is 1.66 bits per heavy atom. The van der Waals surface area contributed by atoms with Crippen molar-refractivity contribution in [1.29, 1.82) is 5.26 Å². The molecule has 16 nitrogen and oxygen atoms in total. The van der Waals surface area contributed by atoms with Crippen LogP contribution in [0.2, 0.25) is 0 Å². The number of amides is 3. The highest BCUT2D eigenvalue weighted by atomic mass is 32.1. The van der Waals surface area contributed by atoms with Gasteiger partial charge in [-0.3, -0.25) is 14.4 Å². The number of fused-ring (bicyclic) bond motifs is 4. The second-order valence-electron chi connectivity index (χ2n) is 22.5. The molecule has 440 valence electrons. The number of nitrogens with zero attached hydrogens (tertiary/aromatic N) is 7. The minimum Gasteiger partial charge on any atom is -0.467 e. The molecular weight excluding hydrogens is 1100 g/mol. The maximum Gasteiger partial charge on any atom is 0.417 e. The summed E-state index contributed by atoms with van der Waals surface area (Å²) in [5.41, 5.74) is 12.8. The third kappa shape index (κ3) is 14.8. The average Bonchev–Trinajstić information content (AvgIpc) is 1.71. The van der Waals surface area contributed by atoms with Gasteiger partial charge in [0.05, 0.1) is 45.1 Å². The molecule has 82 heavy (non-hydrogen) atoms. The standard InChI is InChI=1S/C25H19F5N6OS.C23H31N3O2S.C11H22N2O2/c1-37-24-34-20-13(23(35-24)36-8-10-2-3-11(9-36)33-10)6-15(25(28,29)30)18(19(20)27)12-4-5-16(26)21-17(12)14(7-31)22(32)38-21;1-15(17-8-10-18(11-9-17)21-16(2)24-14-29-21)25-22(28)19-7-6-12-26(19)20(27)13-23(3,4)5;12-11(14)5-3-9-15-10-4-8-13-6-1-2-7-13/h4-6,10-11,33H,2-3,8-9,32H2,1H3;8-11,14-15,19H,6-7,12-13H2,1-5H3,(H,25,28);1-10H2,(H2,12,14)/t;15-,19-;/m.0./s1. The molecule has 7 heterocycles. The molecule has 0 spiro atoms. The van der Waals surface area contributed by atoms with E-state index in [0.29, 0.717) is 50.4 Å². The van der Waals surface area contributed by atoms with Gasteiger partial charge in [-0.25, -0.2) is 13.8 Å². The van der Waals surface area contributed by atoms with E-state index >= 15 is 4.39 Å². The predicted octanol–water partition coefficient (Wildman–Crippen LogP) is 10.7. The summed E-state index contributed by atoms with van der Waals surface area (Å²) in [6.07, 6.45) is 3.88. The molecule has 4 atom stereocenters. The van der Waals surface area contributed by atoms with Crippen molar-refractivity contribution in [3.05, 3.63) is 82.0 Å². The summed E-state index contributed by atoms with van der Waals surface area (Å²) in [4.78, 5) is 55.9. The molecule has 4 saturated heterocycles. The van der Waals surface area contributed by atoms with Crippen LogP contribution in [-0.4, -0.2) is 120 Å². The summed E-state index contributed by atoms with van der Waals surface area (Å²) in [5.74, 6) is -2.14. The first-order valence-electron chi connectivity index (χ1n) is 27.8. The number of nitrogens with one attached hydrogen (secondary N) is 2. The van der Waals surface area contributed by atoms with Crippen LogP contribution < -0.4 is 31.7 Å². The van der Waals surface area contributed by atoms with Gasteiger partial charge >= 0.3 is 12.2 Å². The number of thiazole rings is 1. The van der Waals surface area contributed by atoms with Gasteiger partial charge in [-0.05, 0) is 113 Å². The van der Waals surface area contributed by atoms with Gasteiger partial charge in [0.15, 0.2) is 5.82 Å². The van der Waals surface area contributed by atoms with Crippen LogP contribution in [0.15, 0.2) is 48.0 Å². The maximum atomic E-state index is 16.4. The summed E-state index contributed by atoms with van der Waals surface area (Å²) >= 11 is 2.35. The number of likely N-dealkylation sites (tertiary alicyclic amines) is 2. The lowest BCUT2D eigenvalue weighted by molar-refractivity contribution is -0.140. The fourth-order valence-corrected chi connectivity index (χ4v) is 12.9. The molecule has 0 aliphatic carbocycles. The summed E-state index contributed by atoms with van der Waals surface area (Å²) in [6.45, 7) is 16.9. The van der Waals surface area contributed by atoms with Crippen molar-refractivity contribution >= 4 is 72.2 Å². The topological polar surface area (TPSA) is 218 Å². The second kappa shape index (κ2) is 26.8. The number of ether oxygens (including phenoxy) is 2. The zero-order valence-electron chi connectivity index (χ0n) is 47.2. The molecule has 3 aromatic carbocycles. The summed E-state index contributed by atoms with van der Waals surface area (Å²) in [7, 11) is 1.28. The first-order chi connectivity index (χ1) is 39.0. The fraction of sp³-hybridized carbons (Fsp3) is 0.508. The predicted molar refractivity (Wildman–Crippen MR) is 310 cm³/mol. The number of primary amides is 1. The van der Waals surface area contributed by atoms with Gasteiger partial charge in [0.25, 0.3) is 0 Å². The number of nitrogens with two attached hydrogens (primary N) is 2. The zero-order chi connectivity index (χ0) is 59.0. The monoisotopic (exact) mass is 1170 g/mol. The normalized spacial score (nSPS) is 18.4. The highest BCUT2D eigenvalue weighted by molar-refractivity contribution is 7.23. The van der Waals surface area contributed by atoms with Crippen LogP contribution in [0.25, 0.3) is 42.6 Å². The van der Waals surface area contributed by atoms with Crippen LogP contribution in [0.3, 0.4) is 0 Å². The van der Waals surface area contributed by atoms with Crippen LogP contribution in [0.4, 0.5) is 32.8 Å². The number of carbonyl (C=O) groups excluding carboxylic acids is 3. The average molecular weight is 1170 g/mol. The fourth-order valence-electron chi connectivity index (χ4n) is 11.1. The van der Waals surface area contributed by atoms with Gasteiger partial charge in [-0.15, -0.1) is 22.7 Å². The van der Waals surface area contributed by atoms with Gasteiger partial charge in [-0.1, -0.05) is 51.1 Å². The molecule has 0 saturated carbocycles. The number of nitrogen functional groups attached to an aromatic ring is 1. The highest BCUT2D eigenvalue weighted by Gasteiger charge is 2.40. The second-order valence-corrected chi connectivity index (χ2v) is 24.4. The Labute approximate surface area is 482 Å². The Morgan fingerprint density at radius 1 is 0.963 bits per heavy atom. The Balaban J connectivity index is 0.000000177. The number of anilines is 2. The lowest BCUT2D eigenvalue weighted by atomic mass is 9.91. The third-order valence-corrected chi connectivity index (χ3v) is 17.1. The number of hydrogen-bond donors (Lipinski definition) is 4. The number of aromatic nitrogens is 3. The van der Waals surface area contributed by atoms with Gasteiger partial charge in [0.1, 0.15) is 34.3 Å². The molecule has 2 unspecified atom stereocenters. The number of piperazine rings is 1. The van der Waals surface area contributed by atoms with E-state index in [9.17, 15) is 37.2 Å². The number of aryl methyl sites for hydroxylation is 1. The van der Waals surface area contributed by atoms with Crippen LogP contribution in [0.5, 0.6) is 6.01 Å². The molecule has 3 amide bonds. The van der Waals surface area contributed by atoms with Gasteiger partial charge in [-0.2, -0.15) is 28.4 Å². The van der Waals surface area contributed by atoms with E-state index in [1.165, 1.54) is 37.9 Å². The smallest absolute Gasteiger partial charge is 0.417 e. The van der Waals surface area contributed by atoms with Crippen molar-refractivity contribution in [3.8, 4) is 33.6 Å². The number of thiophene rings is 1. The Kier molecular flexibility index (Phi) is 20.1. The molecule has 6 aromatic rings. The first kappa shape index (κ1) is 61.5. The van der Waals surface area contributed by atoms with Crippen LogP contribution in [0.1, 0.15) is 120 Å². The van der Waals surface area contributed by atoms with Gasteiger partial charge in [0, 0.05) is 80.7 Å². The Hall–Kier alpha value is -6.58. The largest absolute Gasteiger partial charge is 0.467 e. The molecule has 6 N–H and O–H groups in total. The van der Waals surface area contributed by atoms with Crippen LogP contribution in [-0.2, 0) is 25.3 Å². The Bertz CT molecular complexity index is 3270. The number of halogens is 5. The number of nitriles is 1. The molecular formula is C59H72F5N11O5S2. The summed E-state index contributed by atoms with van der Waals surface area (Å²) in [6, 6.07) is 12.5. The minimum absolute atomic E-state index is 0.0559. The molecule has 3 aromatic heterocycles. The lowest BCUT2D eigenvalue weighted by Gasteiger charge is -2.34. The van der Waals surface area contributed by atoms with E-state index < -0.39 is 28.9 Å². The van der Waals surface area contributed by atoms with Gasteiger partial charge in [0.2, 0.25) is 17.7 Å². The van der Waals surface area contributed by atoms with E-state index in [1.54, 1.807) is 16.2 Å². The van der Waals surface area contributed by atoms with Crippen molar-refractivity contribution in [2.24, 2.45) is 11.1 Å². The van der Waals surface area contributed by atoms with Crippen LogP contribution in [0, 0.1) is 35.3 Å². The molecule has 2 bridgehead atoms. The van der Waals surface area contributed by atoms with Crippen molar-refractivity contribution in [3.63, 3.8) is 0 Å². The van der Waals surface area contributed by atoms with E-state index in [1.807, 2.05) is 30.3 Å². The SMILES string of the molecule is COc1nc(N2CC3CCC(C2)N3)c2cc(C(F)(F)F)c(-c3ccc(F)c4sc(N)c(C#N)c34)c(F)c2n1.Cc1ncsc1-c1ccc([C@H](C)NC(=O)[C@@H]2CCCN2C(=O)CC(C)(C)C)cc1.NC(=O)CCCOCCCN1CCCC1. The lowest BCUT2D eigenvalue weighted by Crippen LogP contribution is -2.51. The zero-order valence-corrected chi connectivity index (χ0v) is 48.8. The van der Waals surface area contributed by atoms with Crippen LogP contribution >= 0.6 is 22.7 Å². The molecule has 4 aliphatic rings. The number of methoxy groups -OCH3 is 1. The number of hydrogen-bond acceptors (Lipinski definition) is 15. The summed E-state index contributed by atoms with van der Waals surface area (Å²) in [5, 5.41) is 15.8. The molecule has 4 aliphatic heterocycles. The third-order valence-electron chi connectivity index (χ3n) is 15.1. The molecule has 4 fully saturated rings. The Morgan fingerprint density at radius 3 is 2.28 bits per heavy atom. The molecule has 0 radical (unpaired) electrons. The van der Waals surface area contributed by atoms with Crippen molar-refractivity contribution in [2.45, 2.75) is 129 Å². The van der Waals surface area contributed by atoms with Crippen molar-refractivity contribution in [2.75, 3.05) is 70.2 Å². The number of benzene rings is 3. The van der Waals surface area contributed by atoms with E-state index in [2.05, 4.69) is 75.5 Å². The number of rotatable bonds is 16. The number of alkyl halides is 3. The minimum atomic E-state index is -5.00. The van der Waals surface area contributed by atoms with E-state index in [4.69, 9.17) is 20.9 Å². The molecule has 10 rings (SSSR count). The van der Waals surface area contributed by atoms with Crippen molar-refractivity contribution in [1.82, 2.24) is 35.4 Å². The molecule has 23 heteroatoms. The first-order valence-corrected chi connectivity index (χ1v) is 29.5.